The van der Waals surface area contributed by atoms with Gasteiger partial charge in [0.15, 0.2) is 0 Å². The Morgan fingerprint density at radius 1 is 0.900 bits per heavy atom. The van der Waals surface area contributed by atoms with E-state index in [9.17, 15) is 0 Å². The zero-order valence-corrected chi connectivity index (χ0v) is 12.0. The molecule has 2 heteroatoms. The minimum Gasteiger partial charge on any atom is -0.344 e. The van der Waals surface area contributed by atoms with Crippen molar-refractivity contribution in [3.05, 3.63) is 72.6 Å². The first-order valence-electron chi connectivity index (χ1n) is 7.10. The summed E-state index contributed by atoms with van der Waals surface area (Å²) < 4.78 is 0. The van der Waals surface area contributed by atoms with Crippen molar-refractivity contribution in [3.8, 4) is 0 Å². The molecule has 0 bridgehead atoms. The molecule has 2 nitrogen and oxygen atoms in total. The first-order valence-corrected chi connectivity index (χ1v) is 7.10. The minimum atomic E-state index is 0.446. The third-order valence-corrected chi connectivity index (χ3v) is 3.82. The zero-order chi connectivity index (χ0) is 13.9. The van der Waals surface area contributed by atoms with Gasteiger partial charge in [0.2, 0.25) is 0 Å². The molecule has 1 atom stereocenters. The fraction of sp³-hybridized carbons (Fsp3) is 0.222. The second-order valence-corrected chi connectivity index (χ2v) is 5.33. The van der Waals surface area contributed by atoms with Crippen molar-refractivity contribution in [2.75, 3.05) is 16.3 Å². The highest BCUT2D eigenvalue weighted by Gasteiger charge is 2.20. The lowest BCUT2D eigenvalue weighted by Crippen LogP contribution is -2.42. The topological polar surface area (TPSA) is 6.48 Å². The van der Waals surface area contributed by atoms with Crippen molar-refractivity contribution in [2.24, 2.45) is 0 Å². The van der Waals surface area contributed by atoms with Crippen LogP contribution in [0.25, 0.3) is 0 Å². The van der Waals surface area contributed by atoms with Crippen LogP contribution in [-0.4, -0.2) is 12.6 Å². The van der Waals surface area contributed by atoms with E-state index in [1.807, 2.05) is 0 Å². The predicted molar refractivity (Wildman–Crippen MR) is 86.0 cm³/mol. The first kappa shape index (κ1) is 12.8. The molecule has 20 heavy (non-hydrogen) atoms. The zero-order valence-electron chi connectivity index (χ0n) is 12.0. The largest absolute Gasteiger partial charge is 0.344 e. The Morgan fingerprint density at radius 2 is 1.60 bits per heavy atom. The Balaban J connectivity index is 1.86. The van der Waals surface area contributed by atoms with Crippen LogP contribution < -0.4 is 9.80 Å². The van der Waals surface area contributed by atoms with Crippen molar-refractivity contribution in [3.63, 3.8) is 0 Å². The molecule has 0 fully saturated rings. The van der Waals surface area contributed by atoms with E-state index in [1.165, 1.54) is 16.9 Å². The van der Waals surface area contributed by atoms with Gasteiger partial charge in [-0.25, -0.2) is 0 Å². The van der Waals surface area contributed by atoms with Crippen molar-refractivity contribution in [1.29, 1.82) is 0 Å². The number of hydrogen-bond acceptors (Lipinski definition) is 2. The minimum absolute atomic E-state index is 0.446. The summed E-state index contributed by atoms with van der Waals surface area (Å²) in [6, 6.07) is 19.5. The third-order valence-electron chi connectivity index (χ3n) is 3.82. The molecule has 3 rings (SSSR count). The van der Waals surface area contributed by atoms with Gasteiger partial charge in [0, 0.05) is 36.4 Å². The molecular weight excluding hydrogens is 244 g/mol. The van der Waals surface area contributed by atoms with E-state index in [2.05, 4.69) is 90.6 Å². The van der Waals surface area contributed by atoms with Crippen LogP contribution in [0.2, 0.25) is 0 Å². The summed E-state index contributed by atoms with van der Waals surface area (Å²) in [5.41, 5.74) is 3.86. The summed E-state index contributed by atoms with van der Waals surface area (Å²) in [6.07, 6.45) is 4.35. The summed E-state index contributed by atoms with van der Waals surface area (Å²) >= 11 is 0. The van der Waals surface area contributed by atoms with Gasteiger partial charge in [0.25, 0.3) is 0 Å². The lowest BCUT2D eigenvalue weighted by Gasteiger charge is -2.37. The Kier molecular flexibility index (Phi) is 3.46. The van der Waals surface area contributed by atoms with Gasteiger partial charge < -0.3 is 9.80 Å². The van der Waals surface area contributed by atoms with Crippen LogP contribution in [0.4, 0.5) is 11.4 Å². The average molecular weight is 264 g/mol. The second-order valence-electron chi connectivity index (χ2n) is 5.33. The normalized spacial score (nSPS) is 18.4. The van der Waals surface area contributed by atoms with E-state index in [0.29, 0.717) is 6.04 Å². The number of hydrogen-bond donors (Lipinski definition) is 0. The highest BCUT2D eigenvalue weighted by Crippen LogP contribution is 2.26. The van der Waals surface area contributed by atoms with E-state index in [-0.39, 0.29) is 0 Å². The van der Waals surface area contributed by atoms with Gasteiger partial charge >= 0.3 is 0 Å². The van der Waals surface area contributed by atoms with Crippen LogP contribution in [0, 0.1) is 6.92 Å². The summed E-state index contributed by atoms with van der Waals surface area (Å²) in [7, 11) is 0. The Hall–Kier alpha value is -2.22. The van der Waals surface area contributed by atoms with Crippen LogP contribution in [0.15, 0.2) is 67.0 Å². The Labute approximate surface area is 121 Å². The molecule has 0 radical (unpaired) electrons. The van der Waals surface area contributed by atoms with E-state index in [1.54, 1.807) is 0 Å². The molecule has 102 valence electrons. The van der Waals surface area contributed by atoms with Gasteiger partial charge in [-0.2, -0.15) is 0 Å². The number of benzene rings is 2. The molecule has 0 N–H and O–H groups in total. The fourth-order valence-electron chi connectivity index (χ4n) is 2.74. The molecule has 0 spiro atoms. The Bertz CT molecular complexity index is 604. The molecule has 2 aromatic rings. The van der Waals surface area contributed by atoms with Crippen molar-refractivity contribution in [2.45, 2.75) is 19.9 Å². The van der Waals surface area contributed by atoms with Crippen molar-refractivity contribution < 1.29 is 0 Å². The highest BCUT2D eigenvalue weighted by molar-refractivity contribution is 5.59. The van der Waals surface area contributed by atoms with Crippen LogP contribution in [0.5, 0.6) is 0 Å². The summed E-state index contributed by atoms with van der Waals surface area (Å²) in [5.74, 6) is 0. The SMILES string of the molecule is Cc1ccccc1N1C=CN(c2ccccc2)C(C)C1. The number of para-hydroxylation sites is 2. The quantitative estimate of drug-likeness (QED) is 0.803. The average Bonchev–Trinajstić information content (AvgIpc) is 2.48. The van der Waals surface area contributed by atoms with Gasteiger partial charge in [-0.15, -0.1) is 0 Å². The van der Waals surface area contributed by atoms with Gasteiger partial charge in [0.1, 0.15) is 0 Å². The number of aryl methyl sites for hydroxylation is 1. The van der Waals surface area contributed by atoms with Crippen LogP contribution in [0.1, 0.15) is 12.5 Å². The molecule has 1 aliphatic heterocycles. The molecule has 1 heterocycles. The molecule has 0 aromatic heterocycles. The molecule has 0 aliphatic carbocycles. The smallest absolute Gasteiger partial charge is 0.0488 e. The number of anilines is 2. The van der Waals surface area contributed by atoms with Gasteiger partial charge in [-0.1, -0.05) is 36.4 Å². The standard InChI is InChI=1S/C18H20N2/c1-15-8-6-7-11-18(15)19-12-13-20(16(2)14-19)17-9-4-3-5-10-17/h3-13,16H,14H2,1-2H3. The maximum absolute atomic E-state index is 2.33. The second kappa shape index (κ2) is 5.41. The highest BCUT2D eigenvalue weighted by atomic mass is 15.3. The van der Waals surface area contributed by atoms with E-state index < -0.39 is 0 Å². The van der Waals surface area contributed by atoms with Crippen LogP contribution >= 0.6 is 0 Å². The van der Waals surface area contributed by atoms with Crippen LogP contribution in [0.3, 0.4) is 0 Å². The van der Waals surface area contributed by atoms with E-state index in [0.717, 1.165) is 6.54 Å². The molecule has 2 aromatic carbocycles. The summed E-state index contributed by atoms with van der Waals surface area (Å²) in [6.45, 7) is 5.43. The molecular formula is C18H20N2. The van der Waals surface area contributed by atoms with Gasteiger partial charge in [-0.05, 0) is 37.6 Å². The van der Waals surface area contributed by atoms with Gasteiger partial charge in [0.05, 0.1) is 0 Å². The summed E-state index contributed by atoms with van der Waals surface area (Å²) in [5, 5.41) is 0. The van der Waals surface area contributed by atoms with E-state index >= 15 is 0 Å². The predicted octanol–water partition coefficient (Wildman–Crippen LogP) is 4.18. The molecule has 0 saturated carbocycles. The van der Waals surface area contributed by atoms with Crippen LogP contribution in [-0.2, 0) is 0 Å². The van der Waals surface area contributed by atoms with E-state index in [4.69, 9.17) is 0 Å². The molecule has 0 saturated heterocycles. The van der Waals surface area contributed by atoms with Crippen molar-refractivity contribution in [1.82, 2.24) is 0 Å². The molecule has 1 aliphatic rings. The molecule has 0 amide bonds. The third kappa shape index (κ3) is 2.42. The van der Waals surface area contributed by atoms with Crippen molar-refractivity contribution >= 4 is 11.4 Å². The number of rotatable bonds is 2. The number of nitrogens with zero attached hydrogens (tertiary/aromatic N) is 2. The fourth-order valence-corrected chi connectivity index (χ4v) is 2.74. The monoisotopic (exact) mass is 264 g/mol. The first-order chi connectivity index (χ1) is 9.75. The lowest BCUT2D eigenvalue weighted by molar-refractivity contribution is 0.675. The molecule has 1 unspecified atom stereocenters. The maximum Gasteiger partial charge on any atom is 0.0488 e. The summed E-state index contributed by atoms with van der Waals surface area (Å²) in [4.78, 5) is 4.66. The lowest BCUT2D eigenvalue weighted by atomic mass is 10.1. The van der Waals surface area contributed by atoms with Gasteiger partial charge in [-0.3, -0.25) is 0 Å². The Morgan fingerprint density at radius 3 is 2.30 bits per heavy atom. The maximum atomic E-state index is 2.33.